The van der Waals surface area contributed by atoms with E-state index in [0.29, 0.717) is 25.3 Å². The number of benzene rings is 1. The molecule has 1 atom stereocenters. The van der Waals surface area contributed by atoms with Crippen LogP contribution in [0.3, 0.4) is 0 Å². The van der Waals surface area contributed by atoms with E-state index >= 15 is 0 Å². The molecule has 1 aliphatic rings. The van der Waals surface area contributed by atoms with Gasteiger partial charge in [-0.25, -0.2) is 4.39 Å². The van der Waals surface area contributed by atoms with Crippen molar-refractivity contribution in [3.05, 3.63) is 34.1 Å². The smallest absolute Gasteiger partial charge is 0.295 e. The fourth-order valence-electron chi connectivity index (χ4n) is 2.31. The number of anilines is 1. The number of halogens is 1. The second-order valence-corrected chi connectivity index (χ2v) is 5.08. The first-order valence-corrected chi connectivity index (χ1v) is 5.84. The number of nitro groups is 1. The first-order valence-electron chi connectivity index (χ1n) is 5.84. The average molecular weight is 253 g/mol. The predicted molar refractivity (Wildman–Crippen MR) is 67.0 cm³/mol. The van der Waals surface area contributed by atoms with Crippen LogP contribution < -0.4 is 10.6 Å². The van der Waals surface area contributed by atoms with Gasteiger partial charge in [-0.05, 0) is 30.5 Å². The maximum atomic E-state index is 13.1. The minimum Gasteiger partial charge on any atom is -0.365 e. The van der Waals surface area contributed by atoms with Crippen LogP contribution in [0.1, 0.15) is 13.3 Å². The van der Waals surface area contributed by atoms with Crippen molar-refractivity contribution >= 4 is 11.4 Å². The molecule has 1 aliphatic heterocycles. The molecule has 0 radical (unpaired) electrons. The highest BCUT2D eigenvalue weighted by Crippen LogP contribution is 2.36. The highest BCUT2D eigenvalue weighted by atomic mass is 19.1. The van der Waals surface area contributed by atoms with Gasteiger partial charge in [0.15, 0.2) is 0 Å². The van der Waals surface area contributed by atoms with Gasteiger partial charge in [0.1, 0.15) is 11.5 Å². The minimum atomic E-state index is -0.591. The maximum absolute atomic E-state index is 13.1. The number of hydrogen-bond acceptors (Lipinski definition) is 4. The fourth-order valence-corrected chi connectivity index (χ4v) is 2.31. The standard InChI is InChI=1S/C12H16FN3O2/c1-12(7-14)4-5-15(8-12)10-3-2-9(13)6-11(10)16(17)18/h2-3,6H,4-5,7-8,14H2,1H3. The molecular formula is C12H16FN3O2. The molecule has 0 saturated carbocycles. The molecule has 0 aromatic heterocycles. The van der Waals surface area contributed by atoms with Crippen molar-refractivity contribution in [2.75, 3.05) is 24.5 Å². The lowest BCUT2D eigenvalue weighted by Gasteiger charge is -2.23. The Balaban J connectivity index is 2.32. The third-order valence-corrected chi connectivity index (χ3v) is 3.53. The van der Waals surface area contributed by atoms with Crippen molar-refractivity contribution in [1.29, 1.82) is 0 Å². The monoisotopic (exact) mass is 253 g/mol. The molecule has 1 unspecified atom stereocenters. The summed E-state index contributed by atoms with van der Waals surface area (Å²) in [4.78, 5) is 12.3. The summed E-state index contributed by atoms with van der Waals surface area (Å²) in [5, 5.41) is 10.9. The minimum absolute atomic E-state index is 0.0255. The van der Waals surface area contributed by atoms with Crippen LogP contribution >= 0.6 is 0 Å². The summed E-state index contributed by atoms with van der Waals surface area (Å²) in [7, 11) is 0. The fraction of sp³-hybridized carbons (Fsp3) is 0.500. The molecule has 1 saturated heterocycles. The lowest BCUT2D eigenvalue weighted by atomic mass is 9.90. The molecule has 2 rings (SSSR count). The molecule has 1 fully saturated rings. The molecule has 5 nitrogen and oxygen atoms in total. The summed E-state index contributed by atoms with van der Waals surface area (Å²) in [5.74, 6) is -0.591. The molecule has 0 aliphatic carbocycles. The van der Waals surface area contributed by atoms with Crippen molar-refractivity contribution in [2.24, 2.45) is 11.1 Å². The summed E-state index contributed by atoms with van der Waals surface area (Å²) < 4.78 is 13.1. The molecule has 2 N–H and O–H groups in total. The van der Waals surface area contributed by atoms with Crippen molar-refractivity contribution in [1.82, 2.24) is 0 Å². The van der Waals surface area contributed by atoms with E-state index in [-0.39, 0.29) is 11.1 Å². The van der Waals surface area contributed by atoms with Crippen LogP contribution in [-0.4, -0.2) is 24.6 Å². The van der Waals surface area contributed by atoms with Crippen molar-refractivity contribution < 1.29 is 9.31 Å². The molecule has 0 spiro atoms. The molecule has 1 heterocycles. The normalized spacial score (nSPS) is 23.4. The zero-order valence-corrected chi connectivity index (χ0v) is 10.2. The van der Waals surface area contributed by atoms with Gasteiger partial charge in [-0.2, -0.15) is 0 Å². The summed E-state index contributed by atoms with van der Waals surface area (Å²) >= 11 is 0. The second-order valence-electron chi connectivity index (χ2n) is 5.08. The summed E-state index contributed by atoms with van der Waals surface area (Å²) in [5.41, 5.74) is 5.97. The number of hydrogen-bond donors (Lipinski definition) is 1. The van der Waals surface area contributed by atoms with Gasteiger partial charge >= 0.3 is 0 Å². The Hall–Kier alpha value is -1.69. The van der Waals surface area contributed by atoms with Crippen LogP contribution in [0.2, 0.25) is 0 Å². The zero-order valence-electron chi connectivity index (χ0n) is 10.2. The van der Waals surface area contributed by atoms with E-state index in [2.05, 4.69) is 6.92 Å². The third kappa shape index (κ3) is 2.28. The van der Waals surface area contributed by atoms with Gasteiger partial charge in [0.25, 0.3) is 5.69 Å². The Kier molecular flexibility index (Phi) is 3.21. The summed E-state index contributed by atoms with van der Waals surface area (Å²) in [6.07, 6.45) is 0.887. The largest absolute Gasteiger partial charge is 0.365 e. The highest BCUT2D eigenvalue weighted by Gasteiger charge is 2.35. The van der Waals surface area contributed by atoms with Crippen molar-refractivity contribution in [3.8, 4) is 0 Å². The Morgan fingerprint density at radius 1 is 1.61 bits per heavy atom. The Bertz CT molecular complexity index is 480. The second kappa shape index (κ2) is 4.53. The number of nitro benzene ring substituents is 1. The van der Waals surface area contributed by atoms with Gasteiger partial charge in [-0.3, -0.25) is 10.1 Å². The van der Waals surface area contributed by atoms with Crippen LogP contribution in [0, 0.1) is 21.3 Å². The topological polar surface area (TPSA) is 72.4 Å². The van der Waals surface area contributed by atoms with Crippen molar-refractivity contribution in [2.45, 2.75) is 13.3 Å². The quantitative estimate of drug-likeness (QED) is 0.659. The van der Waals surface area contributed by atoms with Crippen molar-refractivity contribution in [3.63, 3.8) is 0 Å². The van der Waals surface area contributed by atoms with E-state index in [0.717, 1.165) is 12.5 Å². The van der Waals surface area contributed by atoms with E-state index in [9.17, 15) is 14.5 Å². The predicted octanol–water partition coefficient (Wildman–Crippen LogP) is 1.91. The number of rotatable bonds is 3. The Morgan fingerprint density at radius 3 is 2.89 bits per heavy atom. The third-order valence-electron chi connectivity index (χ3n) is 3.53. The van der Waals surface area contributed by atoms with Gasteiger partial charge in [-0.15, -0.1) is 0 Å². The Labute approximate surface area is 105 Å². The molecular weight excluding hydrogens is 237 g/mol. The molecule has 0 amide bonds. The first-order chi connectivity index (χ1) is 8.45. The van der Waals surface area contributed by atoms with Gasteiger partial charge in [0, 0.05) is 13.1 Å². The molecule has 98 valence electrons. The van der Waals surface area contributed by atoms with E-state index < -0.39 is 10.7 Å². The lowest BCUT2D eigenvalue weighted by Crippen LogP contribution is -2.31. The van der Waals surface area contributed by atoms with E-state index in [4.69, 9.17) is 5.73 Å². The molecule has 6 heteroatoms. The van der Waals surface area contributed by atoms with E-state index in [1.807, 2.05) is 4.90 Å². The first kappa shape index (κ1) is 12.8. The van der Waals surface area contributed by atoms with Gasteiger partial charge < -0.3 is 10.6 Å². The van der Waals surface area contributed by atoms with Crippen LogP contribution in [0.4, 0.5) is 15.8 Å². The molecule has 1 aromatic carbocycles. The number of nitrogens with zero attached hydrogens (tertiary/aromatic N) is 2. The lowest BCUT2D eigenvalue weighted by molar-refractivity contribution is -0.384. The van der Waals surface area contributed by atoms with Gasteiger partial charge in [-0.1, -0.05) is 6.92 Å². The molecule has 0 bridgehead atoms. The van der Waals surface area contributed by atoms with Crippen LogP contribution in [0.25, 0.3) is 0 Å². The molecule has 18 heavy (non-hydrogen) atoms. The van der Waals surface area contributed by atoms with E-state index in [1.165, 1.54) is 12.1 Å². The van der Waals surface area contributed by atoms with Crippen LogP contribution in [0.5, 0.6) is 0 Å². The molecule has 1 aromatic rings. The SMILES string of the molecule is CC1(CN)CCN(c2ccc(F)cc2[N+](=O)[O-])C1. The van der Waals surface area contributed by atoms with Crippen LogP contribution in [-0.2, 0) is 0 Å². The number of nitrogens with two attached hydrogens (primary N) is 1. The maximum Gasteiger partial charge on any atom is 0.295 e. The van der Waals surface area contributed by atoms with Crippen LogP contribution in [0.15, 0.2) is 18.2 Å². The highest BCUT2D eigenvalue weighted by molar-refractivity contribution is 5.64. The summed E-state index contributed by atoms with van der Waals surface area (Å²) in [6.45, 7) is 3.97. The van der Waals surface area contributed by atoms with E-state index in [1.54, 1.807) is 0 Å². The zero-order chi connectivity index (χ0) is 13.3. The Morgan fingerprint density at radius 2 is 2.33 bits per heavy atom. The average Bonchev–Trinajstić information content (AvgIpc) is 2.72. The van der Waals surface area contributed by atoms with Gasteiger partial charge in [0.05, 0.1) is 11.0 Å². The van der Waals surface area contributed by atoms with Gasteiger partial charge in [0.2, 0.25) is 0 Å². The summed E-state index contributed by atoms with van der Waals surface area (Å²) in [6, 6.07) is 3.68.